The van der Waals surface area contributed by atoms with Gasteiger partial charge in [-0.15, -0.1) is 0 Å². The Kier molecular flexibility index (Phi) is 4.34. The minimum atomic E-state index is 0.782. The van der Waals surface area contributed by atoms with Gasteiger partial charge in [0, 0.05) is 18.3 Å². The zero-order valence-electron chi connectivity index (χ0n) is 9.18. The van der Waals surface area contributed by atoms with Crippen molar-refractivity contribution in [1.82, 2.24) is 4.90 Å². The molecular weight excluding hydrogens is 158 g/mol. The summed E-state index contributed by atoms with van der Waals surface area (Å²) in [6.07, 6.45) is 7.83. The van der Waals surface area contributed by atoms with E-state index in [4.69, 9.17) is 0 Å². The highest BCUT2D eigenvalue weighted by atomic mass is 15.2. The van der Waals surface area contributed by atoms with E-state index in [9.17, 15) is 0 Å². The molecule has 1 nitrogen and oxygen atoms in total. The fraction of sp³-hybridized carbons (Fsp3) is 0.833. The Morgan fingerprint density at radius 3 is 2.31 bits per heavy atom. The first-order valence-electron chi connectivity index (χ1n) is 5.74. The first kappa shape index (κ1) is 10.6. The topological polar surface area (TPSA) is 3.24 Å². The van der Waals surface area contributed by atoms with Gasteiger partial charge in [-0.25, -0.2) is 0 Å². The van der Waals surface area contributed by atoms with Crippen molar-refractivity contribution >= 4 is 0 Å². The molecule has 1 fully saturated rings. The Bertz CT molecular complexity index is 157. The second-order valence-corrected chi connectivity index (χ2v) is 4.09. The summed E-state index contributed by atoms with van der Waals surface area (Å²) in [5.74, 6) is 0. The Hall–Kier alpha value is -0.460. The van der Waals surface area contributed by atoms with Gasteiger partial charge in [-0.2, -0.15) is 0 Å². The first-order chi connectivity index (χ1) is 6.29. The number of nitrogens with zero attached hydrogens (tertiary/aromatic N) is 1. The summed E-state index contributed by atoms with van der Waals surface area (Å²) in [4.78, 5) is 2.55. The molecule has 0 amide bonds. The molecule has 0 bridgehead atoms. The van der Waals surface area contributed by atoms with Crippen molar-refractivity contribution in [2.45, 2.75) is 58.4 Å². The third-order valence-electron chi connectivity index (χ3n) is 2.96. The zero-order valence-corrected chi connectivity index (χ0v) is 9.18. The van der Waals surface area contributed by atoms with E-state index in [0.29, 0.717) is 0 Å². The van der Waals surface area contributed by atoms with Crippen LogP contribution >= 0.6 is 0 Å². The van der Waals surface area contributed by atoms with Crippen molar-refractivity contribution in [3.05, 3.63) is 12.3 Å². The Morgan fingerprint density at radius 2 is 1.92 bits per heavy atom. The summed E-state index contributed by atoms with van der Waals surface area (Å²) in [6.45, 7) is 9.96. The van der Waals surface area contributed by atoms with Crippen LogP contribution in [0.4, 0.5) is 0 Å². The van der Waals surface area contributed by atoms with E-state index >= 15 is 0 Å². The molecule has 1 saturated heterocycles. The smallest absolute Gasteiger partial charge is 0.0286 e. The van der Waals surface area contributed by atoms with Gasteiger partial charge in [-0.05, 0) is 25.7 Å². The van der Waals surface area contributed by atoms with E-state index in [2.05, 4.69) is 25.3 Å². The molecule has 0 unspecified atom stereocenters. The van der Waals surface area contributed by atoms with E-state index in [-0.39, 0.29) is 0 Å². The largest absolute Gasteiger partial charge is 0.372 e. The molecular formula is C12H23N. The molecule has 0 saturated carbocycles. The average Bonchev–Trinajstić information content (AvgIpc) is 2.51. The summed E-state index contributed by atoms with van der Waals surface area (Å²) >= 11 is 0. The van der Waals surface area contributed by atoms with Crippen LogP contribution in [0.15, 0.2) is 12.3 Å². The van der Waals surface area contributed by atoms with Gasteiger partial charge in [-0.1, -0.05) is 33.3 Å². The van der Waals surface area contributed by atoms with Gasteiger partial charge < -0.3 is 4.90 Å². The zero-order chi connectivity index (χ0) is 9.68. The SMILES string of the molecule is C=C1CCCN1C(CCC)CCC. The highest BCUT2D eigenvalue weighted by Gasteiger charge is 2.22. The average molecular weight is 181 g/mol. The van der Waals surface area contributed by atoms with Gasteiger partial charge in [-0.3, -0.25) is 0 Å². The first-order valence-corrected chi connectivity index (χ1v) is 5.74. The van der Waals surface area contributed by atoms with E-state index in [0.717, 1.165) is 6.04 Å². The van der Waals surface area contributed by atoms with Crippen LogP contribution in [0.1, 0.15) is 52.4 Å². The molecule has 1 heterocycles. The van der Waals surface area contributed by atoms with E-state index < -0.39 is 0 Å². The summed E-state index contributed by atoms with van der Waals surface area (Å²) in [5.41, 5.74) is 1.38. The molecule has 0 aliphatic carbocycles. The number of hydrogen-bond acceptors (Lipinski definition) is 1. The predicted octanol–water partition coefficient (Wildman–Crippen LogP) is 3.56. The molecule has 0 spiro atoms. The maximum Gasteiger partial charge on any atom is 0.0286 e. The van der Waals surface area contributed by atoms with Crippen molar-refractivity contribution in [2.24, 2.45) is 0 Å². The highest BCUT2D eigenvalue weighted by Crippen LogP contribution is 2.26. The van der Waals surface area contributed by atoms with Crippen molar-refractivity contribution < 1.29 is 0 Å². The molecule has 1 heteroatoms. The third kappa shape index (κ3) is 2.75. The molecule has 13 heavy (non-hydrogen) atoms. The van der Waals surface area contributed by atoms with Crippen LogP contribution in [-0.2, 0) is 0 Å². The molecule has 0 aromatic heterocycles. The summed E-state index contributed by atoms with van der Waals surface area (Å²) < 4.78 is 0. The van der Waals surface area contributed by atoms with Crippen LogP contribution in [0.25, 0.3) is 0 Å². The predicted molar refractivity (Wildman–Crippen MR) is 58.7 cm³/mol. The lowest BCUT2D eigenvalue weighted by molar-refractivity contribution is 0.254. The summed E-state index contributed by atoms with van der Waals surface area (Å²) in [6, 6.07) is 0.782. The maximum absolute atomic E-state index is 4.15. The standard InChI is InChI=1S/C12H23N/c1-4-7-12(8-5-2)13-10-6-9-11(13)3/h12H,3-10H2,1-2H3. The fourth-order valence-electron chi connectivity index (χ4n) is 2.32. The fourth-order valence-corrected chi connectivity index (χ4v) is 2.32. The Labute approximate surface area is 82.8 Å². The molecule has 0 N–H and O–H groups in total. The van der Waals surface area contributed by atoms with Crippen LogP contribution < -0.4 is 0 Å². The number of hydrogen-bond donors (Lipinski definition) is 0. The molecule has 0 radical (unpaired) electrons. The van der Waals surface area contributed by atoms with Gasteiger partial charge in [0.1, 0.15) is 0 Å². The van der Waals surface area contributed by atoms with Gasteiger partial charge in [0.15, 0.2) is 0 Å². The van der Waals surface area contributed by atoms with Crippen molar-refractivity contribution in [3.63, 3.8) is 0 Å². The minimum absolute atomic E-state index is 0.782. The second-order valence-electron chi connectivity index (χ2n) is 4.09. The number of likely N-dealkylation sites (tertiary alicyclic amines) is 1. The van der Waals surface area contributed by atoms with Gasteiger partial charge in [0.2, 0.25) is 0 Å². The van der Waals surface area contributed by atoms with Crippen LogP contribution in [0.3, 0.4) is 0 Å². The molecule has 0 aromatic carbocycles. The number of rotatable bonds is 5. The van der Waals surface area contributed by atoms with Crippen molar-refractivity contribution in [2.75, 3.05) is 6.54 Å². The normalized spacial score (nSPS) is 17.5. The lowest BCUT2D eigenvalue weighted by Gasteiger charge is -2.30. The monoisotopic (exact) mass is 181 g/mol. The van der Waals surface area contributed by atoms with E-state index in [1.54, 1.807) is 0 Å². The van der Waals surface area contributed by atoms with Crippen LogP contribution in [0.5, 0.6) is 0 Å². The second kappa shape index (κ2) is 5.31. The molecule has 1 aliphatic heterocycles. The Balaban J connectivity index is 2.47. The van der Waals surface area contributed by atoms with Crippen LogP contribution in [0, 0.1) is 0 Å². The summed E-state index contributed by atoms with van der Waals surface area (Å²) in [5, 5.41) is 0. The highest BCUT2D eigenvalue weighted by molar-refractivity contribution is 5.01. The molecule has 1 rings (SSSR count). The lowest BCUT2D eigenvalue weighted by atomic mass is 10.1. The molecule has 0 aromatic rings. The summed E-state index contributed by atoms with van der Waals surface area (Å²) in [7, 11) is 0. The Morgan fingerprint density at radius 1 is 1.31 bits per heavy atom. The van der Waals surface area contributed by atoms with Crippen LogP contribution in [-0.4, -0.2) is 17.5 Å². The molecule has 0 atom stereocenters. The number of allylic oxidation sites excluding steroid dienone is 1. The van der Waals surface area contributed by atoms with Crippen LogP contribution in [0.2, 0.25) is 0 Å². The maximum atomic E-state index is 4.15. The van der Waals surface area contributed by atoms with E-state index in [1.165, 1.54) is 50.8 Å². The van der Waals surface area contributed by atoms with Crippen molar-refractivity contribution in [1.29, 1.82) is 0 Å². The lowest BCUT2D eigenvalue weighted by Crippen LogP contribution is -2.30. The van der Waals surface area contributed by atoms with Crippen molar-refractivity contribution in [3.8, 4) is 0 Å². The quantitative estimate of drug-likeness (QED) is 0.627. The van der Waals surface area contributed by atoms with Gasteiger partial charge in [0.05, 0.1) is 0 Å². The molecule has 76 valence electrons. The van der Waals surface area contributed by atoms with Gasteiger partial charge in [0.25, 0.3) is 0 Å². The van der Waals surface area contributed by atoms with Gasteiger partial charge >= 0.3 is 0 Å². The van der Waals surface area contributed by atoms with E-state index in [1.807, 2.05) is 0 Å². The minimum Gasteiger partial charge on any atom is -0.372 e. The molecule has 1 aliphatic rings. The third-order valence-corrected chi connectivity index (χ3v) is 2.96.